The number of hydrogen-bond acceptors (Lipinski definition) is 3. The molecule has 1 heterocycles. The molecule has 1 aliphatic rings. The first-order chi connectivity index (χ1) is 7.93. The van der Waals surface area contributed by atoms with Gasteiger partial charge in [0.25, 0.3) is 0 Å². The van der Waals surface area contributed by atoms with Crippen molar-refractivity contribution in [2.75, 3.05) is 39.3 Å². The van der Waals surface area contributed by atoms with Crippen molar-refractivity contribution in [2.45, 2.75) is 40.5 Å². The molecule has 1 aliphatic heterocycles. The van der Waals surface area contributed by atoms with Crippen molar-refractivity contribution in [1.82, 2.24) is 9.80 Å². The van der Waals surface area contributed by atoms with E-state index in [0.717, 1.165) is 32.7 Å². The van der Waals surface area contributed by atoms with Crippen LogP contribution < -0.4 is 0 Å². The zero-order valence-electron chi connectivity index (χ0n) is 12.0. The summed E-state index contributed by atoms with van der Waals surface area (Å²) >= 11 is 0. The van der Waals surface area contributed by atoms with Crippen LogP contribution in [0.3, 0.4) is 0 Å². The molecule has 0 amide bonds. The fraction of sp³-hybridized carbons (Fsp3) is 0.929. The molecule has 0 radical (unpaired) electrons. The normalized spacial score (nSPS) is 19.5. The predicted octanol–water partition coefficient (Wildman–Crippen LogP) is 2.02. The molecule has 3 heteroatoms. The quantitative estimate of drug-likeness (QED) is 0.734. The second-order valence-electron chi connectivity index (χ2n) is 6.11. The third kappa shape index (κ3) is 5.17. The van der Waals surface area contributed by atoms with Gasteiger partial charge in [-0.1, -0.05) is 27.7 Å². The number of piperazine rings is 1. The Hall–Kier alpha value is -0.410. The summed E-state index contributed by atoms with van der Waals surface area (Å²) in [5.41, 5.74) is -0.177. The van der Waals surface area contributed by atoms with Gasteiger partial charge in [0.1, 0.15) is 5.78 Å². The predicted molar refractivity (Wildman–Crippen MR) is 72.3 cm³/mol. The summed E-state index contributed by atoms with van der Waals surface area (Å²) in [6.45, 7) is 15.0. The van der Waals surface area contributed by atoms with E-state index in [1.165, 1.54) is 13.0 Å². The molecule has 0 saturated carbocycles. The molecule has 0 aromatic heterocycles. The summed E-state index contributed by atoms with van der Waals surface area (Å²) in [4.78, 5) is 16.8. The van der Waals surface area contributed by atoms with Gasteiger partial charge in [-0.05, 0) is 13.0 Å². The van der Waals surface area contributed by atoms with E-state index in [0.29, 0.717) is 12.2 Å². The van der Waals surface area contributed by atoms with Crippen LogP contribution >= 0.6 is 0 Å². The molecule has 1 rings (SSSR count). The molecule has 1 saturated heterocycles. The van der Waals surface area contributed by atoms with Crippen LogP contribution in [0, 0.1) is 5.41 Å². The van der Waals surface area contributed by atoms with Crippen LogP contribution in [0.1, 0.15) is 40.5 Å². The lowest BCUT2D eigenvalue weighted by atomic mass is 9.89. The molecule has 17 heavy (non-hydrogen) atoms. The summed E-state index contributed by atoms with van der Waals surface area (Å²) in [6, 6.07) is 0. The largest absolute Gasteiger partial charge is 0.301 e. The van der Waals surface area contributed by atoms with Crippen LogP contribution in [0.2, 0.25) is 0 Å². The van der Waals surface area contributed by atoms with Gasteiger partial charge in [0, 0.05) is 44.6 Å². The monoisotopic (exact) mass is 240 g/mol. The zero-order chi connectivity index (χ0) is 12.9. The second-order valence-corrected chi connectivity index (χ2v) is 6.11. The molecular formula is C14H28N2O. The smallest absolute Gasteiger partial charge is 0.139 e. The molecule has 0 aliphatic carbocycles. The number of ketones is 1. The second kappa shape index (κ2) is 6.50. The van der Waals surface area contributed by atoms with Gasteiger partial charge in [0.15, 0.2) is 0 Å². The summed E-state index contributed by atoms with van der Waals surface area (Å²) in [5, 5.41) is 0. The van der Waals surface area contributed by atoms with E-state index in [1.54, 1.807) is 0 Å². The van der Waals surface area contributed by atoms with Gasteiger partial charge in [0.05, 0.1) is 0 Å². The van der Waals surface area contributed by atoms with Gasteiger partial charge < -0.3 is 9.80 Å². The average Bonchev–Trinajstić information content (AvgIpc) is 2.27. The van der Waals surface area contributed by atoms with E-state index < -0.39 is 0 Å². The molecule has 0 unspecified atom stereocenters. The lowest BCUT2D eigenvalue weighted by molar-refractivity contribution is -0.126. The Kier molecular flexibility index (Phi) is 5.60. The molecule has 0 bridgehead atoms. The van der Waals surface area contributed by atoms with Crippen LogP contribution in [0.4, 0.5) is 0 Å². The van der Waals surface area contributed by atoms with E-state index in [1.807, 2.05) is 20.8 Å². The highest BCUT2D eigenvalue weighted by Crippen LogP contribution is 2.17. The molecule has 0 aromatic carbocycles. The van der Waals surface area contributed by atoms with Crippen LogP contribution in [0.25, 0.3) is 0 Å². The van der Waals surface area contributed by atoms with Crippen molar-refractivity contribution in [3.8, 4) is 0 Å². The number of hydrogen-bond donors (Lipinski definition) is 0. The minimum Gasteiger partial charge on any atom is -0.301 e. The van der Waals surface area contributed by atoms with E-state index in [9.17, 15) is 4.79 Å². The van der Waals surface area contributed by atoms with Crippen LogP contribution in [-0.4, -0.2) is 54.9 Å². The fourth-order valence-electron chi connectivity index (χ4n) is 2.19. The lowest BCUT2D eigenvalue weighted by Gasteiger charge is -2.34. The Labute approximate surface area is 106 Å². The molecule has 1 fully saturated rings. The maximum absolute atomic E-state index is 11.8. The molecule has 3 nitrogen and oxygen atoms in total. The highest BCUT2D eigenvalue weighted by Gasteiger charge is 2.22. The Bertz CT molecular complexity index is 237. The van der Waals surface area contributed by atoms with Gasteiger partial charge >= 0.3 is 0 Å². The van der Waals surface area contributed by atoms with Crippen molar-refractivity contribution in [3.05, 3.63) is 0 Å². The first-order valence-corrected chi connectivity index (χ1v) is 6.91. The zero-order valence-corrected chi connectivity index (χ0v) is 12.0. The standard InChI is InChI=1S/C14H28N2O/c1-5-7-15-9-11-16(12-10-15)8-6-13(17)14(2,3)4/h5-12H2,1-4H3. The van der Waals surface area contributed by atoms with Gasteiger partial charge in [-0.25, -0.2) is 0 Å². The Morgan fingerprint density at radius 2 is 1.47 bits per heavy atom. The highest BCUT2D eigenvalue weighted by atomic mass is 16.1. The first kappa shape index (κ1) is 14.7. The van der Waals surface area contributed by atoms with E-state index >= 15 is 0 Å². The maximum Gasteiger partial charge on any atom is 0.139 e. The Balaban J connectivity index is 2.21. The van der Waals surface area contributed by atoms with Crippen molar-refractivity contribution < 1.29 is 4.79 Å². The molecule has 0 aromatic rings. The first-order valence-electron chi connectivity index (χ1n) is 6.91. The molecule has 0 spiro atoms. The van der Waals surface area contributed by atoms with E-state index in [2.05, 4.69) is 16.7 Å². The maximum atomic E-state index is 11.8. The van der Waals surface area contributed by atoms with Gasteiger partial charge in [-0.15, -0.1) is 0 Å². The summed E-state index contributed by atoms with van der Waals surface area (Å²) in [7, 11) is 0. The summed E-state index contributed by atoms with van der Waals surface area (Å²) in [6.07, 6.45) is 1.94. The fourth-order valence-corrected chi connectivity index (χ4v) is 2.19. The van der Waals surface area contributed by atoms with Gasteiger partial charge in [-0.3, -0.25) is 4.79 Å². The van der Waals surface area contributed by atoms with Crippen LogP contribution in [-0.2, 0) is 4.79 Å². The van der Waals surface area contributed by atoms with Crippen LogP contribution in [0.5, 0.6) is 0 Å². The Morgan fingerprint density at radius 1 is 1.00 bits per heavy atom. The molecular weight excluding hydrogens is 212 g/mol. The van der Waals surface area contributed by atoms with Gasteiger partial charge in [-0.2, -0.15) is 0 Å². The van der Waals surface area contributed by atoms with Crippen molar-refractivity contribution in [1.29, 1.82) is 0 Å². The van der Waals surface area contributed by atoms with Crippen LogP contribution in [0.15, 0.2) is 0 Å². The van der Waals surface area contributed by atoms with Crippen molar-refractivity contribution >= 4 is 5.78 Å². The molecule has 0 atom stereocenters. The van der Waals surface area contributed by atoms with E-state index in [-0.39, 0.29) is 5.41 Å². The number of Topliss-reactive ketones (excluding diaryl/α,β-unsaturated/α-hetero) is 1. The van der Waals surface area contributed by atoms with E-state index in [4.69, 9.17) is 0 Å². The topological polar surface area (TPSA) is 23.6 Å². The number of nitrogens with zero attached hydrogens (tertiary/aromatic N) is 2. The van der Waals surface area contributed by atoms with Crippen molar-refractivity contribution in [3.63, 3.8) is 0 Å². The number of rotatable bonds is 5. The molecule has 0 N–H and O–H groups in total. The summed E-state index contributed by atoms with van der Waals surface area (Å²) in [5.74, 6) is 0.383. The Morgan fingerprint density at radius 3 is 1.88 bits per heavy atom. The number of carbonyl (C=O) groups is 1. The lowest BCUT2D eigenvalue weighted by Crippen LogP contribution is -2.47. The average molecular weight is 240 g/mol. The van der Waals surface area contributed by atoms with Gasteiger partial charge in [0.2, 0.25) is 0 Å². The third-order valence-electron chi connectivity index (χ3n) is 3.50. The minimum atomic E-state index is -0.177. The SMILES string of the molecule is CCCN1CCN(CCC(=O)C(C)(C)C)CC1. The highest BCUT2D eigenvalue weighted by molar-refractivity contribution is 5.83. The number of carbonyl (C=O) groups excluding carboxylic acids is 1. The third-order valence-corrected chi connectivity index (χ3v) is 3.50. The molecule has 100 valence electrons. The van der Waals surface area contributed by atoms with Crippen molar-refractivity contribution in [2.24, 2.45) is 5.41 Å². The minimum absolute atomic E-state index is 0.177. The summed E-state index contributed by atoms with van der Waals surface area (Å²) < 4.78 is 0.